The number of carbonyl (C=O) groups excluding carboxylic acids is 1. The van der Waals surface area contributed by atoms with Gasteiger partial charge < -0.3 is 9.15 Å². The molecule has 8 heteroatoms. The van der Waals surface area contributed by atoms with E-state index in [0.29, 0.717) is 39.7 Å². The molecule has 1 fully saturated rings. The third-order valence-corrected chi connectivity index (χ3v) is 5.59. The minimum atomic E-state index is -0.282. The van der Waals surface area contributed by atoms with Gasteiger partial charge in [0.1, 0.15) is 5.58 Å². The molecule has 2 aromatic carbocycles. The van der Waals surface area contributed by atoms with Gasteiger partial charge in [-0.1, -0.05) is 35.3 Å². The molecule has 0 saturated carbocycles. The van der Waals surface area contributed by atoms with Gasteiger partial charge in [0.05, 0.1) is 29.7 Å². The maximum absolute atomic E-state index is 13.3. The number of nitrogens with one attached hydrogen (secondary N) is 1. The Morgan fingerprint density at radius 1 is 1.06 bits per heavy atom. The van der Waals surface area contributed by atoms with Crippen molar-refractivity contribution in [3.8, 4) is 11.1 Å². The first-order chi connectivity index (χ1) is 14.8. The Hall–Kier alpha value is -2.38. The first kappa shape index (κ1) is 21.8. The summed E-state index contributed by atoms with van der Waals surface area (Å²) in [6, 6.07) is 11.6. The van der Waals surface area contributed by atoms with Crippen LogP contribution >= 0.6 is 23.2 Å². The molecule has 1 aliphatic rings. The maximum Gasteiger partial charge on any atom is 0.240 e. The number of halogens is 2. The van der Waals surface area contributed by atoms with Gasteiger partial charge in [0.15, 0.2) is 0 Å². The predicted octanol–water partition coefficient (Wildman–Crippen LogP) is 4.81. The van der Waals surface area contributed by atoms with Crippen molar-refractivity contribution in [1.82, 2.24) is 4.90 Å². The van der Waals surface area contributed by atoms with Crippen LogP contribution in [0, 0.1) is 0 Å². The number of amides is 1. The quantitative estimate of drug-likeness (QED) is 0.604. The van der Waals surface area contributed by atoms with Gasteiger partial charge >= 0.3 is 0 Å². The zero-order valence-corrected chi connectivity index (χ0v) is 18.7. The van der Waals surface area contributed by atoms with Crippen LogP contribution in [0.3, 0.4) is 0 Å². The van der Waals surface area contributed by atoms with E-state index >= 15 is 0 Å². The lowest BCUT2D eigenvalue weighted by Gasteiger charge is -2.34. The second-order valence-electron chi connectivity index (χ2n) is 7.78. The Labute approximate surface area is 189 Å². The highest BCUT2D eigenvalue weighted by molar-refractivity contribution is 6.31. The van der Waals surface area contributed by atoms with Crippen molar-refractivity contribution in [2.24, 2.45) is 0 Å². The average molecular weight is 461 g/mol. The van der Waals surface area contributed by atoms with Crippen molar-refractivity contribution >= 4 is 46.0 Å². The van der Waals surface area contributed by atoms with Crippen LogP contribution in [-0.2, 0) is 9.53 Å². The smallest absolute Gasteiger partial charge is 0.240 e. The minimum Gasteiger partial charge on any atom is -0.439 e. The van der Waals surface area contributed by atoms with Crippen LogP contribution in [0.4, 0.5) is 5.88 Å². The lowest BCUT2D eigenvalue weighted by molar-refractivity contribution is -0.121. The fourth-order valence-corrected chi connectivity index (χ4v) is 4.22. The van der Waals surface area contributed by atoms with Gasteiger partial charge in [0.2, 0.25) is 17.2 Å². The molecule has 31 heavy (non-hydrogen) atoms. The summed E-state index contributed by atoms with van der Waals surface area (Å²) in [6.07, 6.45) is 0.0917. The van der Waals surface area contributed by atoms with Crippen molar-refractivity contribution < 1.29 is 13.9 Å². The number of nitrogens with zero attached hydrogens (tertiary/aromatic N) is 1. The summed E-state index contributed by atoms with van der Waals surface area (Å²) in [4.78, 5) is 28.2. The van der Waals surface area contributed by atoms with E-state index in [1.807, 2.05) is 18.7 Å². The Bertz CT molecular complexity index is 1170. The van der Waals surface area contributed by atoms with E-state index in [2.05, 4.69) is 5.32 Å². The van der Waals surface area contributed by atoms with E-state index in [-0.39, 0.29) is 41.5 Å². The number of fused-ring (bicyclic) bond motifs is 1. The molecule has 0 radical (unpaired) electrons. The van der Waals surface area contributed by atoms with Crippen LogP contribution in [0.5, 0.6) is 0 Å². The number of ether oxygens (including phenoxy) is 1. The average Bonchev–Trinajstić information content (AvgIpc) is 2.69. The van der Waals surface area contributed by atoms with Gasteiger partial charge in [0.25, 0.3) is 0 Å². The molecule has 2 heterocycles. The number of carbonyl (C=O) groups is 1. The van der Waals surface area contributed by atoms with E-state index in [1.54, 1.807) is 42.5 Å². The number of rotatable bonds is 4. The molecule has 1 amide bonds. The number of benzene rings is 2. The molecule has 1 saturated heterocycles. The molecule has 0 aliphatic carbocycles. The largest absolute Gasteiger partial charge is 0.439 e. The van der Waals surface area contributed by atoms with Gasteiger partial charge in [0, 0.05) is 23.1 Å². The van der Waals surface area contributed by atoms with Crippen molar-refractivity contribution in [3.05, 3.63) is 62.7 Å². The van der Waals surface area contributed by atoms with Gasteiger partial charge in [-0.15, -0.1) is 0 Å². The number of hydrogen-bond donors (Lipinski definition) is 1. The van der Waals surface area contributed by atoms with Crippen molar-refractivity contribution in [2.45, 2.75) is 26.1 Å². The Kier molecular flexibility index (Phi) is 6.34. The van der Waals surface area contributed by atoms with Crippen LogP contribution < -0.4 is 10.7 Å². The second kappa shape index (κ2) is 9.01. The van der Waals surface area contributed by atoms with Crippen molar-refractivity contribution in [1.29, 1.82) is 0 Å². The second-order valence-corrected chi connectivity index (χ2v) is 8.66. The molecule has 1 N–H and O–H groups in total. The highest BCUT2D eigenvalue weighted by Crippen LogP contribution is 2.30. The first-order valence-electron chi connectivity index (χ1n) is 10.00. The van der Waals surface area contributed by atoms with Crippen LogP contribution in [-0.4, -0.2) is 42.6 Å². The van der Waals surface area contributed by atoms with Crippen LogP contribution in [0.15, 0.2) is 51.7 Å². The van der Waals surface area contributed by atoms with Crippen molar-refractivity contribution in [2.75, 3.05) is 25.0 Å². The summed E-state index contributed by atoms with van der Waals surface area (Å²) in [6.45, 7) is 5.43. The van der Waals surface area contributed by atoms with Crippen LogP contribution in [0.2, 0.25) is 10.0 Å². The highest BCUT2D eigenvalue weighted by atomic mass is 35.5. The molecule has 6 nitrogen and oxygen atoms in total. The standard InChI is InChI=1S/C23H22Cl2N2O4/c1-13-10-27(11-14(2)30-13)12-20(28)26-23-21(15-3-5-16(24)6-4-15)22(29)18-9-17(25)7-8-19(18)31-23/h3-9,13-14H,10-12H2,1-2H3,(H,26,28). The summed E-state index contributed by atoms with van der Waals surface area (Å²) in [5.41, 5.74) is 0.901. The number of hydrogen-bond acceptors (Lipinski definition) is 5. The zero-order valence-electron chi connectivity index (χ0n) is 17.2. The summed E-state index contributed by atoms with van der Waals surface area (Å²) in [7, 11) is 0. The number of anilines is 1. The van der Waals surface area contributed by atoms with E-state index in [1.165, 1.54) is 0 Å². The van der Waals surface area contributed by atoms with Crippen molar-refractivity contribution in [3.63, 3.8) is 0 Å². The lowest BCUT2D eigenvalue weighted by atomic mass is 10.0. The third kappa shape index (κ3) is 4.93. The van der Waals surface area contributed by atoms with Crippen LogP contribution in [0.25, 0.3) is 22.1 Å². The normalized spacial score (nSPS) is 19.5. The van der Waals surface area contributed by atoms with E-state index in [4.69, 9.17) is 32.4 Å². The number of morpholine rings is 1. The van der Waals surface area contributed by atoms with E-state index in [0.717, 1.165) is 0 Å². The fraction of sp³-hybridized carbons (Fsp3) is 0.304. The molecule has 3 aromatic rings. The molecule has 2 unspecified atom stereocenters. The Morgan fingerprint density at radius 2 is 1.71 bits per heavy atom. The molecule has 0 bridgehead atoms. The van der Waals surface area contributed by atoms with Gasteiger partial charge in [-0.05, 0) is 49.7 Å². The third-order valence-electron chi connectivity index (χ3n) is 5.10. The fourth-order valence-electron chi connectivity index (χ4n) is 3.92. The lowest BCUT2D eigenvalue weighted by Crippen LogP contribution is -2.48. The van der Waals surface area contributed by atoms with E-state index in [9.17, 15) is 9.59 Å². The zero-order chi connectivity index (χ0) is 22.1. The van der Waals surface area contributed by atoms with Gasteiger partial charge in [-0.2, -0.15) is 0 Å². The molecular formula is C23H22Cl2N2O4. The Balaban J connectivity index is 1.71. The highest BCUT2D eigenvalue weighted by Gasteiger charge is 2.25. The molecule has 162 valence electrons. The van der Waals surface area contributed by atoms with Gasteiger partial charge in [-0.3, -0.25) is 19.8 Å². The summed E-state index contributed by atoms with van der Waals surface area (Å²) < 4.78 is 11.7. The van der Waals surface area contributed by atoms with Gasteiger partial charge in [-0.25, -0.2) is 0 Å². The van der Waals surface area contributed by atoms with Crippen LogP contribution in [0.1, 0.15) is 13.8 Å². The molecule has 2 atom stereocenters. The minimum absolute atomic E-state index is 0.0459. The molecule has 4 rings (SSSR count). The molecule has 1 aliphatic heterocycles. The molecular weight excluding hydrogens is 439 g/mol. The summed E-state index contributed by atoms with van der Waals surface area (Å²) in [5.74, 6) is -0.172. The summed E-state index contributed by atoms with van der Waals surface area (Å²) in [5, 5.41) is 4.10. The Morgan fingerprint density at radius 3 is 2.39 bits per heavy atom. The first-order valence-corrected chi connectivity index (χ1v) is 10.8. The SMILES string of the molecule is CC1CN(CC(=O)Nc2oc3ccc(Cl)cc3c(=O)c2-c2ccc(Cl)cc2)CC(C)O1. The molecule has 0 spiro atoms. The topological polar surface area (TPSA) is 71.8 Å². The maximum atomic E-state index is 13.3. The van der Waals surface area contributed by atoms with E-state index < -0.39 is 0 Å². The monoisotopic (exact) mass is 460 g/mol. The summed E-state index contributed by atoms with van der Waals surface area (Å²) >= 11 is 12.1. The molecule has 1 aromatic heterocycles. The predicted molar refractivity (Wildman–Crippen MR) is 123 cm³/mol.